The largest absolute Gasteiger partial charge is 0.384 e. The molecule has 4 N–H and O–H groups in total. The highest BCUT2D eigenvalue weighted by Gasteiger charge is 2.43. The molecule has 0 aromatic heterocycles. The molecule has 1 aliphatic heterocycles. The Morgan fingerprint density at radius 1 is 1.00 bits per heavy atom. The number of hydrogen-bond donors (Lipinski definition) is 3. The van der Waals surface area contributed by atoms with Crippen molar-refractivity contribution in [3.8, 4) is 0 Å². The van der Waals surface area contributed by atoms with Crippen LogP contribution in [-0.4, -0.2) is 5.84 Å². The first kappa shape index (κ1) is 16.6. The first-order valence-corrected chi connectivity index (χ1v) is 9.99. The summed E-state index contributed by atoms with van der Waals surface area (Å²) in [5.74, 6) is 0.888. The normalized spacial score (nSPS) is 22.3. The molecule has 2 aliphatic rings. The lowest BCUT2D eigenvalue weighted by Gasteiger charge is -2.38. The van der Waals surface area contributed by atoms with Crippen molar-refractivity contribution in [3.05, 3.63) is 99.0 Å². The lowest BCUT2D eigenvalue weighted by atomic mass is 9.75. The molecule has 3 aromatic rings. The number of nitrogens with one attached hydrogen (secondary N) is 2. The second kappa shape index (κ2) is 6.24. The Labute approximate surface area is 167 Å². The van der Waals surface area contributed by atoms with Gasteiger partial charge in [0.2, 0.25) is 0 Å². The van der Waals surface area contributed by atoms with Crippen molar-refractivity contribution in [3.63, 3.8) is 0 Å². The third-order valence-corrected chi connectivity index (χ3v) is 6.47. The molecule has 3 nitrogen and oxygen atoms in total. The van der Waals surface area contributed by atoms with Crippen molar-refractivity contribution in [1.29, 1.82) is 5.41 Å². The zero-order valence-corrected chi connectivity index (χ0v) is 16.3. The van der Waals surface area contributed by atoms with Crippen LogP contribution in [0.15, 0.2) is 71.2 Å². The average Bonchev–Trinajstić information content (AvgIpc) is 3.07. The van der Waals surface area contributed by atoms with Crippen LogP contribution in [0.4, 0.5) is 5.69 Å². The molecule has 4 heteroatoms. The summed E-state index contributed by atoms with van der Waals surface area (Å²) in [7, 11) is 0. The fourth-order valence-electron chi connectivity index (χ4n) is 4.73. The third kappa shape index (κ3) is 2.67. The van der Waals surface area contributed by atoms with Gasteiger partial charge in [-0.25, -0.2) is 0 Å². The highest BCUT2D eigenvalue weighted by Crippen LogP contribution is 2.53. The molecule has 1 aliphatic carbocycles. The zero-order valence-electron chi connectivity index (χ0n) is 14.7. The van der Waals surface area contributed by atoms with Crippen molar-refractivity contribution in [2.24, 2.45) is 11.7 Å². The highest BCUT2D eigenvalue weighted by atomic mass is 79.9. The lowest BCUT2D eigenvalue weighted by molar-refractivity contribution is 0.421. The van der Waals surface area contributed by atoms with E-state index in [4.69, 9.17) is 11.1 Å². The van der Waals surface area contributed by atoms with Crippen LogP contribution >= 0.6 is 15.9 Å². The Bertz CT molecular complexity index is 1040. The standard InChI is InChI=1S/C23H20BrN3/c24-16-8-5-13(6-9-16)22-19-11-14-3-1-2-4-17(14)21(19)18-12-15(23(25)26)7-10-20(18)27-22/h1-10,12,19,21-22,27H,11H2,(H3,25,26). The molecule has 0 bridgehead atoms. The summed E-state index contributed by atoms with van der Waals surface area (Å²) < 4.78 is 1.10. The van der Waals surface area contributed by atoms with Gasteiger partial charge in [-0.2, -0.15) is 0 Å². The Morgan fingerprint density at radius 3 is 2.56 bits per heavy atom. The number of rotatable bonds is 2. The van der Waals surface area contributed by atoms with Gasteiger partial charge in [-0.3, -0.25) is 5.41 Å². The van der Waals surface area contributed by atoms with Crippen molar-refractivity contribution >= 4 is 27.5 Å². The summed E-state index contributed by atoms with van der Waals surface area (Å²) in [6, 6.07) is 23.8. The van der Waals surface area contributed by atoms with Crippen LogP contribution in [0.2, 0.25) is 0 Å². The Balaban J connectivity index is 1.68. The van der Waals surface area contributed by atoms with E-state index in [2.05, 4.69) is 81.9 Å². The van der Waals surface area contributed by atoms with E-state index in [0.29, 0.717) is 11.8 Å². The molecular weight excluding hydrogens is 398 g/mol. The van der Waals surface area contributed by atoms with E-state index >= 15 is 0 Å². The van der Waals surface area contributed by atoms with Gasteiger partial charge in [-0.05, 0) is 64.9 Å². The van der Waals surface area contributed by atoms with Crippen molar-refractivity contribution in [2.45, 2.75) is 18.4 Å². The van der Waals surface area contributed by atoms with Gasteiger partial charge in [-0.15, -0.1) is 0 Å². The topological polar surface area (TPSA) is 61.9 Å². The molecule has 1 heterocycles. The fourth-order valence-corrected chi connectivity index (χ4v) is 4.99. The van der Waals surface area contributed by atoms with E-state index in [1.807, 2.05) is 6.07 Å². The van der Waals surface area contributed by atoms with Crippen molar-refractivity contribution in [1.82, 2.24) is 0 Å². The van der Waals surface area contributed by atoms with Crippen molar-refractivity contribution < 1.29 is 0 Å². The molecule has 0 saturated heterocycles. The number of amidine groups is 1. The molecule has 0 radical (unpaired) electrons. The minimum Gasteiger partial charge on any atom is -0.384 e. The quantitative estimate of drug-likeness (QED) is 0.396. The van der Waals surface area contributed by atoms with Crippen LogP contribution in [-0.2, 0) is 6.42 Å². The summed E-state index contributed by atoms with van der Waals surface area (Å²) in [5, 5.41) is 11.6. The second-order valence-electron chi connectivity index (χ2n) is 7.43. The first-order chi connectivity index (χ1) is 13.1. The number of anilines is 1. The van der Waals surface area contributed by atoms with Crippen LogP contribution in [0, 0.1) is 11.3 Å². The van der Waals surface area contributed by atoms with E-state index in [0.717, 1.165) is 22.1 Å². The maximum absolute atomic E-state index is 7.83. The van der Waals surface area contributed by atoms with Gasteiger partial charge < -0.3 is 11.1 Å². The van der Waals surface area contributed by atoms with Crippen LogP contribution < -0.4 is 11.1 Å². The summed E-state index contributed by atoms with van der Waals surface area (Å²) in [4.78, 5) is 0. The maximum atomic E-state index is 7.83. The van der Waals surface area contributed by atoms with Gasteiger partial charge in [0.15, 0.2) is 0 Å². The monoisotopic (exact) mass is 417 g/mol. The number of fused-ring (bicyclic) bond motifs is 5. The molecule has 0 spiro atoms. The Morgan fingerprint density at radius 2 is 1.78 bits per heavy atom. The van der Waals surface area contributed by atoms with E-state index < -0.39 is 0 Å². The molecule has 27 heavy (non-hydrogen) atoms. The predicted molar refractivity (Wildman–Crippen MR) is 113 cm³/mol. The molecular formula is C23H20BrN3. The molecule has 134 valence electrons. The molecule has 3 atom stereocenters. The molecule has 0 fully saturated rings. The predicted octanol–water partition coefficient (Wildman–Crippen LogP) is 5.20. The average molecular weight is 418 g/mol. The molecule has 0 amide bonds. The number of benzene rings is 3. The summed E-state index contributed by atoms with van der Waals surface area (Å²) in [6.07, 6.45) is 1.05. The van der Waals surface area contributed by atoms with Crippen LogP contribution in [0.1, 0.15) is 39.8 Å². The third-order valence-electron chi connectivity index (χ3n) is 5.94. The Hall–Kier alpha value is -2.59. The minimum absolute atomic E-state index is 0.121. The summed E-state index contributed by atoms with van der Waals surface area (Å²) >= 11 is 3.54. The Kier molecular flexibility index (Phi) is 3.83. The molecule has 5 rings (SSSR count). The first-order valence-electron chi connectivity index (χ1n) is 9.20. The molecule has 3 unspecified atom stereocenters. The van der Waals surface area contributed by atoms with Crippen molar-refractivity contribution in [2.75, 3.05) is 5.32 Å². The number of hydrogen-bond acceptors (Lipinski definition) is 2. The van der Waals surface area contributed by atoms with Gasteiger partial charge in [-0.1, -0.05) is 52.3 Å². The van der Waals surface area contributed by atoms with Gasteiger partial charge in [0.25, 0.3) is 0 Å². The number of nitrogens with two attached hydrogens (primary N) is 1. The van der Waals surface area contributed by atoms with E-state index in [-0.39, 0.29) is 11.9 Å². The van der Waals surface area contributed by atoms with E-state index in [9.17, 15) is 0 Å². The van der Waals surface area contributed by atoms with Crippen LogP contribution in [0.3, 0.4) is 0 Å². The maximum Gasteiger partial charge on any atom is 0.122 e. The number of nitrogen functional groups attached to an aromatic ring is 1. The minimum atomic E-state index is 0.121. The van der Waals surface area contributed by atoms with Gasteiger partial charge in [0.05, 0.1) is 6.04 Å². The van der Waals surface area contributed by atoms with Crippen LogP contribution in [0.25, 0.3) is 0 Å². The smallest absolute Gasteiger partial charge is 0.122 e. The van der Waals surface area contributed by atoms with Gasteiger partial charge in [0, 0.05) is 21.6 Å². The zero-order chi connectivity index (χ0) is 18.5. The summed E-state index contributed by atoms with van der Waals surface area (Å²) in [5.41, 5.74) is 13.1. The lowest BCUT2D eigenvalue weighted by Crippen LogP contribution is -2.30. The van der Waals surface area contributed by atoms with E-state index in [1.165, 1.54) is 22.3 Å². The molecule has 0 saturated carbocycles. The van der Waals surface area contributed by atoms with E-state index in [1.54, 1.807) is 0 Å². The van der Waals surface area contributed by atoms with Crippen LogP contribution in [0.5, 0.6) is 0 Å². The van der Waals surface area contributed by atoms with Gasteiger partial charge in [0.1, 0.15) is 5.84 Å². The fraction of sp³-hybridized carbons (Fsp3) is 0.174. The van der Waals surface area contributed by atoms with Gasteiger partial charge >= 0.3 is 0 Å². The second-order valence-corrected chi connectivity index (χ2v) is 8.35. The SMILES string of the molecule is N=C(N)c1ccc2c(c1)C1c3ccccc3CC1C(c1ccc(Br)cc1)N2. The highest BCUT2D eigenvalue weighted by molar-refractivity contribution is 9.10. The molecule has 3 aromatic carbocycles. The number of halogens is 1. The summed E-state index contributed by atoms with van der Waals surface area (Å²) in [6.45, 7) is 0.